The number of aromatic nitrogens is 3. The second-order valence-corrected chi connectivity index (χ2v) is 6.67. The molecule has 146 valence electrons. The molecule has 3 heterocycles. The first-order valence-corrected chi connectivity index (χ1v) is 9.86. The van der Waals surface area contributed by atoms with E-state index in [1.54, 1.807) is 0 Å². The lowest BCUT2D eigenvalue weighted by atomic mass is 10.3. The highest BCUT2D eigenvalue weighted by Gasteiger charge is 2.18. The number of aliphatic imine (C=N–C) groups is 1. The average Bonchev–Trinajstić information content (AvgIpc) is 3.28. The zero-order valence-electron chi connectivity index (χ0n) is 16.0. The average molecular weight is 371 g/mol. The Hall–Kier alpha value is -2.64. The first-order valence-electron chi connectivity index (χ1n) is 9.86. The molecule has 8 heteroatoms. The molecular formula is C19H29N7O. The summed E-state index contributed by atoms with van der Waals surface area (Å²) in [5.74, 6) is 2.09. The molecule has 0 atom stereocenters. The van der Waals surface area contributed by atoms with Crippen LogP contribution < -0.4 is 10.6 Å². The van der Waals surface area contributed by atoms with E-state index >= 15 is 0 Å². The summed E-state index contributed by atoms with van der Waals surface area (Å²) in [6.45, 7) is 6.12. The van der Waals surface area contributed by atoms with Gasteiger partial charge >= 0.3 is 0 Å². The van der Waals surface area contributed by atoms with Gasteiger partial charge in [-0.3, -0.25) is 14.2 Å². The maximum absolute atomic E-state index is 11.6. The number of guanidine groups is 1. The Morgan fingerprint density at radius 1 is 1.26 bits per heavy atom. The summed E-state index contributed by atoms with van der Waals surface area (Å²) in [5, 5.41) is 15.1. The quantitative estimate of drug-likeness (QED) is 0.393. The predicted octanol–water partition coefficient (Wildman–Crippen LogP) is 1.23. The third-order valence-corrected chi connectivity index (χ3v) is 4.63. The van der Waals surface area contributed by atoms with Crippen LogP contribution in [0, 0.1) is 0 Å². The number of carbonyl (C=O) groups is 1. The standard InChI is InChI=1S/C19H29N7O/c1-2-20-19(22-12-7-14-25-13-6-10-18(25)27)21-11-5-9-17-24-23-16-8-3-4-15-26(16)17/h3-4,8,15H,2,5-7,9-14H2,1H3,(H2,20,21,22). The largest absolute Gasteiger partial charge is 0.357 e. The van der Waals surface area contributed by atoms with E-state index in [0.29, 0.717) is 13.0 Å². The summed E-state index contributed by atoms with van der Waals surface area (Å²) in [6, 6.07) is 5.91. The third kappa shape index (κ3) is 5.42. The molecule has 2 N–H and O–H groups in total. The van der Waals surface area contributed by atoms with Crippen molar-refractivity contribution in [3.8, 4) is 0 Å². The van der Waals surface area contributed by atoms with Crippen LogP contribution in [0.4, 0.5) is 0 Å². The van der Waals surface area contributed by atoms with Crippen molar-refractivity contribution >= 4 is 17.5 Å². The lowest BCUT2D eigenvalue weighted by Gasteiger charge is -2.15. The number of hydrogen-bond acceptors (Lipinski definition) is 4. The summed E-state index contributed by atoms with van der Waals surface area (Å²) >= 11 is 0. The lowest BCUT2D eigenvalue weighted by molar-refractivity contribution is -0.127. The van der Waals surface area contributed by atoms with Crippen molar-refractivity contribution in [2.45, 2.75) is 39.0 Å². The topological polar surface area (TPSA) is 86.9 Å². The summed E-state index contributed by atoms with van der Waals surface area (Å²) in [5.41, 5.74) is 0.881. The van der Waals surface area contributed by atoms with Crippen molar-refractivity contribution in [3.05, 3.63) is 30.2 Å². The minimum atomic E-state index is 0.282. The van der Waals surface area contributed by atoms with Crippen LogP contribution in [0.5, 0.6) is 0 Å². The molecule has 1 amide bonds. The van der Waals surface area contributed by atoms with E-state index in [1.807, 2.05) is 33.7 Å². The van der Waals surface area contributed by atoms with Gasteiger partial charge in [0.15, 0.2) is 11.6 Å². The van der Waals surface area contributed by atoms with Crippen molar-refractivity contribution in [1.82, 2.24) is 30.1 Å². The molecule has 1 aliphatic rings. The third-order valence-electron chi connectivity index (χ3n) is 4.63. The molecule has 1 aliphatic heterocycles. The number of carbonyl (C=O) groups excluding carboxylic acids is 1. The number of rotatable bonds is 9. The van der Waals surface area contributed by atoms with Crippen LogP contribution in [0.2, 0.25) is 0 Å². The van der Waals surface area contributed by atoms with Crippen LogP contribution in [0.15, 0.2) is 29.4 Å². The Bertz CT molecular complexity index is 770. The van der Waals surface area contributed by atoms with E-state index in [0.717, 1.165) is 69.3 Å². The predicted molar refractivity (Wildman–Crippen MR) is 106 cm³/mol. The van der Waals surface area contributed by atoms with Gasteiger partial charge in [-0.1, -0.05) is 6.07 Å². The molecule has 0 saturated carbocycles. The normalized spacial score (nSPS) is 14.9. The molecule has 2 aromatic heterocycles. The lowest BCUT2D eigenvalue weighted by Crippen LogP contribution is -2.38. The Morgan fingerprint density at radius 3 is 3.00 bits per heavy atom. The van der Waals surface area contributed by atoms with Crippen LogP contribution in [-0.4, -0.2) is 64.1 Å². The minimum absolute atomic E-state index is 0.282. The summed E-state index contributed by atoms with van der Waals surface area (Å²) in [4.78, 5) is 18.2. The summed E-state index contributed by atoms with van der Waals surface area (Å²) < 4.78 is 2.03. The second kappa shape index (κ2) is 9.89. The fourth-order valence-electron chi connectivity index (χ4n) is 3.25. The number of likely N-dealkylation sites (tertiary alicyclic amines) is 1. The molecule has 8 nitrogen and oxygen atoms in total. The zero-order valence-corrected chi connectivity index (χ0v) is 16.0. The van der Waals surface area contributed by atoms with E-state index in [-0.39, 0.29) is 5.91 Å². The highest BCUT2D eigenvalue weighted by molar-refractivity contribution is 5.79. The van der Waals surface area contributed by atoms with Crippen molar-refractivity contribution < 1.29 is 4.79 Å². The van der Waals surface area contributed by atoms with Gasteiger partial charge in [0.05, 0.1) is 0 Å². The number of aryl methyl sites for hydroxylation is 1. The first-order chi connectivity index (χ1) is 13.3. The number of pyridine rings is 1. The SMILES string of the molecule is CCNC(=NCCCN1CCCC1=O)NCCCc1nnc2ccccn12. The molecule has 0 bridgehead atoms. The van der Waals surface area contributed by atoms with Gasteiger partial charge in [0, 0.05) is 51.8 Å². The van der Waals surface area contributed by atoms with Gasteiger partial charge in [-0.05, 0) is 38.3 Å². The number of amides is 1. The Labute approximate surface area is 160 Å². The minimum Gasteiger partial charge on any atom is -0.357 e. The van der Waals surface area contributed by atoms with E-state index in [1.165, 1.54) is 0 Å². The highest BCUT2D eigenvalue weighted by atomic mass is 16.2. The molecule has 0 unspecified atom stereocenters. The van der Waals surface area contributed by atoms with E-state index < -0.39 is 0 Å². The number of fused-ring (bicyclic) bond motifs is 1. The van der Waals surface area contributed by atoms with Crippen molar-refractivity contribution in [2.75, 3.05) is 32.7 Å². The molecule has 1 fully saturated rings. The highest BCUT2D eigenvalue weighted by Crippen LogP contribution is 2.09. The molecule has 0 aliphatic carbocycles. The molecule has 27 heavy (non-hydrogen) atoms. The van der Waals surface area contributed by atoms with Gasteiger partial charge in [0.1, 0.15) is 5.82 Å². The molecule has 3 rings (SSSR count). The van der Waals surface area contributed by atoms with Crippen LogP contribution in [0.1, 0.15) is 38.4 Å². The maximum atomic E-state index is 11.6. The molecular weight excluding hydrogens is 342 g/mol. The van der Waals surface area contributed by atoms with Crippen LogP contribution in [0.3, 0.4) is 0 Å². The van der Waals surface area contributed by atoms with Gasteiger partial charge in [0.2, 0.25) is 5.91 Å². The number of nitrogens with one attached hydrogen (secondary N) is 2. The van der Waals surface area contributed by atoms with E-state index in [2.05, 4.69) is 32.7 Å². The van der Waals surface area contributed by atoms with E-state index in [9.17, 15) is 4.79 Å². The Balaban J connectivity index is 1.39. The molecule has 0 aromatic carbocycles. The smallest absolute Gasteiger partial charge is 0.222 e. The summed E-state index contributed by atoms with van der Waals surface area (Å²) in [6.07, 6.45) is 6.39. The number of nitrogens with zero attached hydrogens (tertiary/aromatic N) is 5. The molecule has 0 spiro atoms. The van der Waals surface area contributed by atoms with E-state index in [4.69, 9.17) is 0 Å². The van der Waals surface area contributed by atoms with Crippen LogP contribution >= 0.6 is 0 Å². The first kappa shape index (κ1) is 19.1. The Morgan fingerprint density at radius 2 is 2.19 bits per heavy atom. The molecule has 1 saturated heterocycles. The molecule has 2 aromatic rings. The fourth-order valence-corrected chi connectivity index (χ4v) is 3.25. The number of hydrogen-bond donors (Lipinski definition) is 2. The van der Waals surface area contributed by atoms with Gasteiger partial charge in [0.25, 0.3) is 0 Å². The van der Waals surface area contributed by atoms with Gasteiger partial charge in [-0.25, -0.2) is 0 Å². The maximum Gasteiger partial charge on any atom is 0.222 e. The van der Waals surface area contributed by atoms with Crippen molar-refractivity contribution in [2.24, 2.45) is 4.99 Å². The van der Waals surface area contributed by atoms with Crippen LogP contribution in [-0.2, 0) is 11.2 Å². The van der Waals surface area contributed by atoms with Crippen LogP contribution in [0.25, 0.3) is 5.65 Å². The molecule has 0 radical (unpaired) electrons. The second-order valence-electron chi connectivity index (χ2n) is 6.67. The van der Waals surface area contributed by atoms with Crippen molar-refractivity contribution in [1.29, 1.82) is 0 Å². The van der Waals surface area contributed by atoms with Gasteiger partial charge in [-0.15, -0.1) is 10.2 Å². The monoisotopic (exact) mass is 371 g/mol. The Kier molecular flexibility index (Phi) is 7.01. The summed E-state index contributed by atoms with van der Waals surface area (Å²) in [7, 11) is 0. The zero-order chi connectivity index (χ0) is 18.9. The van der Waals surface area contributed by atoms with Crippen molar-refractivity contribution in [3.63, 3.8) is 0 Å². The van der Waals surface area contributed by atoms with Gasteiger partial charge in [-0.2, -0.15) is 0 Å². The fraction of sp³-hybridized carbons (Fsp3) is 0.579. The van der Waals surface area contributed by atoms with Gasteiger partial charge < -0.3 is 15.5 Å².